The number of esters is 1. The van der Waals surface area contributed by atoms with Gasteiger partial charge in [-0.15, -0.1) is 0 Å². The Morgan fingerprint density at radius 1 is 1.22 bits per heavy atom. The van der Waals surface area contributed by atoms with Gasteiger partial charge in [0.25, 0.3) is 0 Å². The number of hydrogen-bond acceptors (Lipinski definition) is 4. The molecule has 1 fully saturated rings. The first-order valence-electron chi connectivity index (χ1n) is 9.59. The third-order valence-electron chi connectivity index (χ3n) is 5.01. The fourth-order valence-electron chi connectivity index (χ4n) is 3.33. The van der Waals surface area contributed by atoms with Crippen LogP contribution in [0.5, 0.6) is 0 Å². The molecule has 5 heteroatoms. The van der Waals surface area contributed by atoms with E-state index in [0.717, 1.165) is 28.7 Å². The van der Waals surface area contributed by atoms with Crippen LogP contribution in [0.15, 0.2) is 48.5 Å². The molecule has 1 aromatic heterocycles. The highest BCUT2D eigenvalue weighted by Gasteiger charge is 2.20. The third-order valence-corrected chi connectivity index (χ3v) is 5.01. The topological polar surface area (TPSA) is 56.2 Å². The molecule has 0 unspecified atom stereocenters. The van der Waals surface area contributed by atoms with Crippen LogP contribution in [0.2, 0.25) is 0 Å². The SMILES string of the molecule is COC(=O)CCCn1nc(-c2ccccc2)c2ccc(CNC3CC3)cc21. The van der Waals surface area contributed by atoms with Gasteiger partial charge >= 0.3 is 5.97 Å². The average Bonchev–Trinajstić information content (AvgIpc) is 3.48. The number of aryl methyl sites for hydroxylation is 1. The number of nitrogens with one attached hydrogen (secondary N) is 1. The number of ether oxygens (including phenoxy) is 1. The second kappa shape index (κ2) is 7.92. The minimum atomic E-state index is -0.177. The van der Waals surface area contributed by atoms with Crippen LogP contribution in [-0.4, -0.2) is 28.9 Å². The fourth-order valence-corrected chi connectivity index (χ4v) is 3.33. The van der Waals surface area contributed by atoms with Gasteiger partial charge in [0.1, 0.15) is 5.69 Å². The van der Waals surface area contributed by atoms with Crippen molar-refractivity contribution in [1.82, 2.24) is 15.1 Å². The smallest absolute Gasteiger partial charge is 0.305 e. The van der Waals surface area contributed by atoms with Crippen LogP contribution in [-0.2, 0) is 22.6 Å². The van der Waals surface area contributed by atoms with E-state index < -0.39 is 0 Å². The fraction of sp³-hybridized carbons (Fsp3) is 0.364. The summed E-state index contributed by atoms with van der Waals surface area (Å²) < 4.78 is 6.78. The lowest BCUT2D eigenvalue weighted by Gasteiger charge is -2.06. The Kier molecular flexibility index (Phi) is 5.21. The maximum absolute atomic E-state index is 11.4. The zero-order valence-corrected chi connectivity index (χ0v) is 15.6. The Bertz CT molecular complexity index is 929. The monoisotopic (exact) mass is 363 g/mol. The van der Waals surface area contributed by atoms with Crippen molar-refractivity contribution >= 4 is 16.9 Å². The van der Waals surface area contributed by atoms with Crippen molar-refractivity contribution in [2.75, 3.05) is 7.11 Å². The van der Waals surface area contributed by atoms with Crippen LogP contribution in [0.3, 0.4) is 0 Å². The molecule has 0 atom stereocenters. The molecule has 4 rings (SSSR count). The van der Waals surface area contributed by atoms with E-state index in [4.69, 9.17) is 9.84 Å². The average molecular weight is 363 g/mol. The normalized spacial score (nSPS) is 13.8. The van der Waals surface area contributed by atoms with Crippen molar-refractivity contribution in [3.05, 3.63) is 54.1 Å². The summed E-state index contributed by atoms with van der Waals surface area (Å²) in [5, 5.41) is 9.59. The molecule has 2 aromatic carbocycles. The van der Waals surface area contributed by atoms with Crippen molar-refractivity contribution in [2.45, 2.75) is 44.8 Å². The highest BCUT2D eigenvalue weighted by atomic mass is 16.5. The molecule has 0 saturated heterocycles. The van der Waals surface area contributed by atoms with E-state index in [1.807, 2.05) is 22.9 Å². The van der Waals surface area contributed by atoms with Crippen LogP contribution in [0.4, 0.5) is 0 Å². The predicted octanol–water partition coefficient (Wildman–Crippen LogP) is 3.91. The van der Waals surface area contributed by atoms with Crippen molar-refractivity contribution in [3.8, 4) is 11.3 Å². The Morgan fingerprint density at radius 3 is 2.78 bits per heavy atom. The summed E-state index contributed by atoms with van der Waals surface area (Å²) in [5.41, 5.74) is 4.49. The summed E-state index contributed by atoms with van der Waals surface area (Å²) in [6.45, 7) is 1.58. The first kappa shape index (κ1) is 17.7. The van der Waals surface area contributed by atoms with Crippen LogP contribution in [0.25, 0.3) is 22.2 Å². The zero-order chi connectivity index (χ0) is 18.6. The molecule has 27 heavy (non-hydrogen) atoms. The molecule has 0 amide bonds. The number of hydrogen-bond donors (Lipinski definition) is 1. The molecule has 1 heterocycles. The number of nitrogens with zero attached hydrogens (tertiary/aromatic N) is 2. The lowest BCUT2D eigenvalue weighted by Crippen LogP contribution is -2.15. The highest BCUT2D eigenvalue weighted by Crippen LogP contribution is 2.29. The van der Waals surface area contributed by atoms with E-state index >= 15 is 0 Å². The van der Waals surface area contributed by atoms with Crippen LogP contribution in [0, 0.1) is 0 Å². The first-order valence-corrected chi connectivity index (χ1v) is 9.59. The van der Waals surface area contributed by atoms with Crippen LogP contribution < -0.4 is 5.32 Å². The van der Waals surface area contributed by atoms with Crippen LogP contribution in [0.1, 0.15) is 31.2 Å². The summed E-state index contributed by atoms with van der Waals surface area (Å²) >= 11 is 0. The molecular weight excluding hydrogens is 338 g/mol. The minimum Gasteiger partial charge on any atom is -0.469 e. The second-order valence-corrected chi connectivity index (χ2v) is 7.12. The number of carbonyl (C=O) groups is 1. The van der Waals surface area contributed by atoms with E-state index in [-0.39, 0.29) is 5.97 Å². The molecule has 3 aromatic rings. The molecular formula is C22H25N3O2. The second-order valence-electron chi connectivity index (χ2n) is 7.12. The molecule has 0 radical (unpaired) electrons. The van der Waals surface area contributed by atoms with Crippen molar-refractivity contribution < 1.29 is 9.53 Å². The summed E-state index contributed by atoms with van der Waals surface area (Å²) in [7, 11) is 1.43. The van der Waals surface area contributed by atoms with Crippen molar-refractivity contribution in [2.24, 2.45) is 0 Å². The molecule has 140 valence electrons. The summed E-state index contributed by atoms with van der Waals surface area (Å²) in [6, 6.07) is 17.5. The Labute approximate surface area is 159 Å². The largest absolute Gasteiger partial charge is 0.469 e. The number of rotatable bonds is 8. The quantitative estimate of drug-likeness (QED) is 0.617. The van der Waals surface area contributed by atoms with E-state index in [2.05, 4.69) is 35.6 Å². The molecule has 1 saturated carbocycles. The molecule has 1 aliphatic rings. The first-order chi connectivity index (χ1) is 13.2. The predicted molar refractivity (Wildman–Crippen MR) is 106 cm³/mol. The number of carbonyl (C=O) groups excluding carboxylic acids is 1. The molecule has 5 nitrogen and oxygen atoms in total. The van der Waals surface area contributed by atoms with Gasteiger partial charge in [-0.05, 0) is 30.9 Å². The van der Waals surface area contributed by atoms with Crippen LogP contribution >= 0.6 is 0 Å². The maximum atomic E-state index is 11.4. The Morgan fingerprint density at radius 2 is 2.04 bits per heavy atom. The molecule has 0 aliphatic heterocycles. The molecule has 1 N–H and O–H groups in total. The lowest BCUT2D eigenvalue weighted by atomic mass is 10.1. The third kappa shape index (κ3) is 4.19. The van der Waals surface area contributed by atoms with Crippen molar-refractivity contribution in [3.63, 3.8) is 0 Å². The van der Waals surface area contributed by atoms with Gasteiger partial charge in [0, 0.05) is 36.5 Å². The van der Waals surface area contributed by atoms with Gasteiger partial charge in [-0.25, -0.2) is 0 Å². The van der Waals surface area contributed by atoms with Gasteiger partial charge < -0.3 is 10.1 Å². The number of benzene rings is 2. The minimum absolute atomic E-state index is 0.177. The van der Waals surface area contributed by atoms with Gasteiger partial charge in [0.2, 0.25) is 0 Å². The summed E-state index contributed by atoms with van der Waals surface area (Å²) in [5.74, 6) is -0.177. The van der Waals surface area contributed by atoms with E-state index in [1.54, 1.807) is 0 Å². The molecule has 0 spiro atoms. The number of methoxy groups -OCH3 is 1. The summed E-state index contributed by atoms with van der Waals surface area (Å²) in [6.07, 6.45) is 3.68. The molecule has 1 aliphatic carbocycles. The Hall–Kier alpha value is -2.66. The van der Waals surface area contributed by atoms with Gasteiger partial charge in [-0.3, -0.25) is 9.48 Å². The zero-order valence-electron chi connectivity index (χ0n) is 15.6. The standard InChI is InChI=1S/C22H25N3O2/c1-27-21(26)8-5-13-25-20-14-16(15-23-18-10-11-18)9-12-19(20)22(24-25)17-6-3-2-4-7-17/h2-4,6-7,9,12,14,18,23H,5,8,10-11,13,15H2,1H3. The summed E-state index contributed by atoms with van der Waals surface area (Å²) in [4.78, 5) is 11.4. The lowest BCUT2D eigenvalue weighted by molar-refractivity contribution is -0.140. The van der Waals surface area contributed by atoms with E-state index in [9.17, 15) is 4.79 Å². The Balaban J connectivity index is 1.64. The van der Waals surface area contributed by atoms with E-state index in [1.165, 1.54) is 25.5 Å². The van der Waals surface area contributed by atoms with Gasteiger partial charge in [-0.2, -0.15) is 5.10 Å². The number of aromatic nitrogens is 2. The van der Waals surface area contributed by atoms with Crippen molar-refractivity contribution in [1.29, 1.82) is 0 Å². The van der Waals surface area contributed by atoms with Gasteiger partial charge in [-0.1, -0.05) is 42.5 Å². The molecule has 0 bridgehead atoms. The highest BCUT2D eigenvalue weighted by molar-refractivity contribution is 5.93. The van der Waals surface area contributed by atoms with E-state index in [0.29, 0.717) is 25.4 Å². The maximum Gasteiger partial charge on any atom is 0.305 e. The van der Waals surface area contributed by atoms with Gasteiger partial charge in [0.15, 0.2) is 0 Å². The number of fused-ring (bicyclic) bond motifs is 1. The van der Waals surface area contributed by atoms with Gasteiger partial charge in [0.05, 0.1) is 12.6 Å².